The summed E-state index contributed by atoms with van der Waals surface area (Å²) in [7, 11) is 0. The zero-order valence-electron chi connectivity index (χ0n) is 16.7. The SMILES string of the molecule is CCCCCCCc1ccc(C(=O)Oc2ccc(OCCCC)cc2)cc1. The minimum Gasteiger partial charge on any atom is -0.494 e. The Morgan fingerprint density at radius 3 is 2.04 bits per heavy atom. The minimum absolute atomic E-state index is 0.329. The fourth-order valence-electron chi connectivity index (χ4n) is 2.84. The molecule has 0 fully saturated rings. The first-order valence-electron chi connectivity index (χ1n) is 10.3. The Kier molecular flexibility index (Phi) is 9.47. The molecule has 0 heterocycles. The molecular weight excluding hydrogens is 336 g/mol. The van der Waals surface area contributed by atoms with Crippen molar-refractivity contribution >= 4 is 5.97 Å². The van der Waals surface area contributed by atoms with Gasteiger partial charge in [-0.2, -0.15) is 0 Å². The Morgan fingerprint density at radius 2 is 1.37 bits per heavy atom. The van der Waals surface area contributed by atoms with Gasteiger partial charge in [-0.15, -0.1) is 0 Å². The van der Waals surface area contributed by atoms with E-state index >= 15 is 0 Å². The van der Waals surface area contributed by atoms with Crippen LogP contribution in [-0.2, 0) is 6.42 Å². The Balaban J connectivity index is 1.79. The first kappa shape index (κ1) is 21.0. The molecule has 2 rings (SSSR count). The summed E-state index contributed by atoms with van der Waals surface area (Å²) in [6, 6.07) is 15.0. The second-order valence-corrected chi connectivity index (χ2v) is 6.92. The Morgan fingerprint density at radius 1 is 0.741 bits per heavy atom. The van der Waals surface area contributed by atoms with Crippen LogP contribution in [0.25, 0.3) is 0 Å². The highest BCUT2D eigenvalue weighted by atomic mass is 16.5. The lowest BCUT2D eigenvalue weighted by Crippen LogP contribution is -2.08. The minimum atomic E-state index is -0.329. The van der Waals surface area contributed by atoms with Crippen molar-refractivity contribution in [1.29, 1.82) is 0 Å². The van der Waals surface area contributed by atoms with Crippen molar-refractivity contribution in [3.63, 3.8) is 0 Å². The van der Waals surface area contributed by atoms with Crippen LogP contribution in [0.5, 0.6) is 11.5 Å². The van der Waals surface area contributed by atoms with Gasteiger partial charge < -0.3 is 9.47 Å². The second kappa shape index (κ2) is 12.2. The molecule has 0 bridgehead atoms. The van der Waals surface area contributed by atoms with E-state index in [0.717, 1.165) is 25.0 Å². The third-order valence-corrected chi connectivity index (χ3v) is 4.56. The van der Waals surface area contributed by atoms with Crippen LogP contribution >= 0.6 is 0 Å². The third-order valence-electron chi connectivity index (χ3n) is 4.56. The summed E-state index contributed by atoms with van der Waals surface area (Å²) in [4.78, 5) is 12.3. The van der Waals surface area contributed by atoms with E-state index in [1.54, 1.807) is 12.1 Å². The van der Waals surface area contributed by atoms with Gasteiger partial charge in [0, 0.05) is 0 Å². The highest BCUT2D eigenvalue weighted by Gasteiger charge is 2.09. The summed E-state index contributed by atoms with van der Waals surface area (Å²) < 4.78 is 11.1. The normalized spacial score (nSPS) is 10.6. The van der Waals surface area contributed by atoms with Crippen LogP contribution in [0.4, 0.5) is 0 Å². The van der Waals surface area contributed by atoms with E-state index in [4.69, 9.17) is 9.47 Å². The largest absolute Gasteiger partial charge is 0.494 e. The molecule has 0 aromatic heterocycles. The van der Waals surface area contributed by atoms with Gasteiger partial charge in [-0.05, 0) is 61.2 Å². The number of carbonyl (C=O) groups excluding carboxylic acids is 1. The second-order valence-electron chi connectivity index (χ2n) is 6.92. The molecule has 146 valence electrons. The maximum atomic E-state index is 12.3. The third kappa shape index (κ3) is 7.86. The summed E-state index contributed by atoms with van der Waals surface area (Å²) in [5.41, 5.74) is 1.85. The number of esters is 1. The lowest BCUT2D eigenvalue weighted by atomic mass is 10.0. The van der Waals surface area contributed by atoms with Crippen LogP contribution in [0.15, 0.2) is 48.5 Å². The molecule has 3 heteroatoms. The van der Waals surface area contributed by atoms with E-state index in [1.165, 1.54) is 37.7 Å². The number of hydrogen-bond acceptors (Lipinski definition) is 3. The molecule has 3 nitrogen and oxygen atoms in total. The number of unbranched alkanes of at least 4 members (excludes halogenated alkanes) is 5. The summed E-state index contributed by atoms with van der Waals surface area (Å²) in [6.45, 7) is 5.07. The molecule has 0 saturated heterocycles. The number of benzene rings is 2. The molecule has 0 aliphatic heterocycles. The first-order valence-corrected chi connectivity index (χ1v) is 10.3. The Hall–Kier alpha value is -2.29. The van der Waals surface area contributed by atoms with E-state index in [9.17, 15) is 4.79 Å². The number of ether oxygens (including phenoxy) is 2. The summed E-state index contributed by atoms with van der Waals surface area (Å²) >= 11 is 0. The molecule has 0 spiro atoms. The molecule has 0 N–H and O–H groups in total. The summed E-state index contributed by atoms with van der Waals surface area (Å²) in [6.07, 6.45) is 9.58. The Bertz CT molecular complexity index is 659. The van der Waals surface area contributed by atoms with E-state index in [-0.39, 0.29) is 5.97 Å². The average molecular weight is 369 g/mol. The zero-order chi connectivity index (χ0) is 19.3. The van der Waals surface area contributed by atoms with Gasteiger partial charge in [-0.25, -0.2) is 4.79 Å². The van der Waals surface area contributed by atoms with E-state index < -0.39 is 0 Å². The standard InChI is InChI=1S/C24H32O3/c1-3-5-7-8-9-10-20-11-13-21(14-12-20)24(25)27-23-17-15-22(16-18-23)26-19-6-4-2/h11-18H,3-10,19H2,1-2H3. The van der Waals surface area contributed by atoms with Crippen molar-refractivity contribution in [2.45, 2.75) is 65.2 Å². The van der Waals surface area contributed by atoms with Gasteiger partial charge in [0.1, 0.15) is 11.5 Å². The van der Waals surface area contributed by atoms with Gasteiger partial charge in [-0.1, -0.05) is 58.1 Å². The fraction of sp³-hybridized carbons (Fsp3) is 0.458. The molecule has 0 aliphatic carbocycles. The van der Waals surface area contributed by atoms with Crippen LogP contribution in [0.1, 0.15) is 74.7 Å². The van der Waals surface area contributed by atoms with E-state index in [2.05, 4.69) is 13.8 Å². The lowest BCUT2D eigenvalue weighted by molar-refractivity contribution is 0.0734. The molecular formula is C24H32O3. The Labute approximate surface area is 163 Å². The van der Waals surface area contributed by atoms with Crippen molar-refractivity contribution in [3.8, 4) is 11.5 Å². The summed E-state index contributed by atoms with van der Waals surface area (Å²) in [5.74, 6) is 0.999. The van der Waals surface area contributed by atoms with Gasteiger partial charge >= 0.3 is 5.97 Å². The van der Waals surface area contributed by atoms with Crippen LogP contribution in [0.3, 0.4) is 0 Å². The van der Waals surface area contributed by atoms with Crippen LogP contribution in [0, 0.1) is 0 Å². The predicted molar refractivity (Wildman–Crippen MR) is 111 cm³/mol. The van der Waals surface area contributed by atoms with Gasteiger partial charge in [0.25, 0.3) is 0 Å². The fourth-order valence-corrected chi connectivity index (χ4v) is 2.84. The zero-order valence-corrected chi connectivity index (χ0v) is 16.7. The first-order chi connectivity index (χ1) is 13.2. The van der Waals surface area contributed by atoms with E-state index in [0.29, 0.717) is 17.9 Å². The molecule has 2 aromatic carbocycles. The van der Waals surface area contributed by atoms with Crippen molar-refractivity contribution < 1.29 is 14.3 Å². The molecule has 0 amide bonds. The van der Waals surface area contributed by atoms with E-state index in [1.807, 2.05) is 36.4 Å². The van der Waals surface area contributed by atoms with Crippen molar-refractivity contribution in [1.82, 2.24) is 0 Å². The van der Waals surface area contributed by atoms with Gasteiger partial charge in [0.2, 0.25) is 0 Å². The quantitative estimate of drug-likeness (QED) is 0.240. The molecule has 0 saturated carbocycles. The highest BCUT2D eigenvalue weighted by molar-refractivity contribution is 5.91. The monoisotopic (exact) mass is 368 g/mol. The van der Waals surface area contributed by atoms with Crippen molar-refractivity contribution in [2.75, 3.05) is 6.61 Å². The highest BCUT2D eigenvalue weighted by Crippen LogP contribution is 2.19. The summed E-state index contributed by atoms with van der Waals surface area (Å²) in [5, 5.41) is 0. The topological polar surface area (TPSA) is 35.5 Å². The van der Waals surface area contributed by atoms with Crippen molar-refractivity contribution in [2.24, 2.45) is 0 Å². The number of hydrogen-bond donors (Lipinski definition) is 0. The molecule has 27 heavy (non-hydrogen) atoms. The predicted octanol–water partition coefficient (Wildman–Crippen LogP) is 6.60. The van der Waals surface area contributed by atoms with Crippen LogP contribution in [-0.4, -0.2) is 12.6 Å². The van der Waals surface area contributed by atoms with Gasteiger partial charge in [0.15, 0.2) is 0 Å². The van der Waals surface area contributed by atoms with Gasteiger partial charge in [0.05, 0.1) is 12.2 Å². The smallest absolute Gasteiger partial charge is 0.343 e. The molecule has 0 unspecified atom stereocenters. The van der Waals surface area contributed by atoms with Crippen LogP contribution < -0.4 is 9.47 Å². The lowest BCUT2D eigenvalue weighted by Gasteiger charge is -2.08. The maximum Gasteiger partial charge on any atom is 0.343 e. The average Bonchev–Trinajstić information content (AvgIpc) is 2.70. The number of rotatable bonds is 12. The molecule has 2 aromatic rings. The van der Waals surface area contributed by atoms with Gasteiger partial charge in [-0.3, -0.25) is 0 Å². The van der Waals surface area contributed by atoms with Crippen LogP contribution in [0.2, 0.25) is 0 Å². The number of aryl methyl sites for hydroxylation is 1. The molecule has 0 radical (unpaired) electrons. The number of carbonyl (C=O) groups is 1. The van der Waals surface area contributed by atoms with Crippen molar-refractivity contribution in [3.05, 3.63) is 59.7 Å². The molecule has 0 aliphatic rings. The molecule has 0 atom stereocenters. The maximum absolute atomic E-state index is 12.3.